The van der Waals surface area contributed by atoms with Gasteiger partial charge in [0.2, 0.25) is 0 Å². The summed E-state index contributed by atoms with van der Waals surface area (Å²) in [6, 6.07) is 0. The normalized spacial score (nSPS) is 5.22. The Balaban J connectivity index is -0.0000000771. The van der Waals surface area contributed by atoms with Crippen LogP contribution in [-0.2, 0) is 0 Å². The predicted molar refractivity (Wildman–Crippen MR) is 47.8 cm³/mol. The molecule has 0 heteroatoms. The van der Waals surface area contributed by atoms with E-state index in [0.29, 0.717) is 0 Å². The van der Waals surface area contributed by atoms with Crippen LogP contribution >= 0.6 is 0 Å². The zero-order valence-corrected chi connectivity index (χ0v) is 8.08. The van der Waals surface area contributed by atoms with Gasteiger partial charge in [-0.2, -0.15) is 0 Å². The third kappa shape index (κ3) is 84.2. The lowest BCUT2D eigenvalue weighted by molar-refractivity contribution is 1.36. The van der Waals surface area contributed by atoms with Crippen LogP contribution < -0.4 is 0 Å². The van der Waals surface area contributed by atoms with E-state index < -0.39 is 0 Å². The van der Waals surface area contributed by atoms with Gasteiger partial charge >= 0.3 is 0 Å². The monoisotopic (exact) mass is 130 g/mol. The minimum Gasteiger partial charge on any atom is -0.0890 e. The molecule has 0 saturated heterocycles. The molecule has 0 fully saturated rings. The van der Waals surface area contributed by atoms with E-state index in [2.05, 4.69) is 19.9 Å². The molecule has 0 aromatic rings. The zero-order chi connectivity index (χ0) is 8.28. The molecule has 0 bridgehead atoms. The summed E-state index contributed by atoms with van der Waals surface area (Å²) in [7, 11) is 0. The molecule has 0 aliphatic carbocycles. The summed E-state index contributed by atoms with van der Waals surface area (Å²) in [5.74, 6) is 0. The molecule has 0 spiro atoms. The fourth-order valence-corrected chi connectivity index (χ4v) is 0. The number of hydrogen-bond acceptors (Lipinski definition) is 0. The van der Waals surface area contributed by atoms with Gasteiger partial charge in [-0.1, -0.05) is 39.3 Å². The first-order valence-electron chi connectivity index (χ1n) is 3.87. The highest BCUT2D eigenvalue weighted by Crippen LogP contribution is 1.82. The molecule has 0 aromatic carbocycles. The van der Waals surface area contributed by atoms with Crippen molar-refractivity contribution in [3.05, 3.63) is 11.6 Å². The van der Waals surface area contributed by atoms with Crippen LogP contribution in [0.25, 0.3) is 0 Å². The van der Waals surface area contributed by atoms with Crippen molar-refractivity contribution in [3.63, 3.8) is 0 Å². The van der Waals surface area contributed by atoms with Gasteiger partial charge in [0.25, 0.3) is 0 Å². The summed E-state index contributed by atoms with van der Waals surface area (Å²) in [6.07, 6.45) is 2.08. The van der Waals surface area contributed by atoms with Crippen LogP contribution in [0.15, 0.2) is 11.6 Å². The van der Waals surface area contributed by atoms with Gasteiger partial charge in [0.05, 0.1) is 0 Å². The number of allylic oxidation sites excluding steroid dienone is 2. The van der Waals surface area contributed by atoms with E-state index in [-0.39, 0.29) is 0 Å². The van der Waals surface area contributed by atoms with Gasteiger partial charge in [0.1, 0.15) is 0 Å². The van der Waals surface area contributed by atoms with Crippen molar-refractivity contribution in [2.45, 2.75) is 48.5 Å². The Morgan fingerprint density at radius 2 is 1.00 bits per heavy atom. The van der Waals surface area contributed by atoms with E-state index in [4.69, 9.17) is 0 Å². The van der Waals surface area contributed by atoms with Crippen LogP contribution in [0.2, 0.25) is 0 Å². The molecule has 0 aliphatic heterocycles. The first-order chi connectivity index (χ1) is 4.27. The lowest BCUT2D eigenvalue weighted by atomic mass is 10.3. The highest BCUT2D eigenvalue weighted by Gasteiger charge is 1.60. The maximum atomic E-state index is 2.08. The lowest BCUT2D eigenvalue weighted by Crippen LogP contribution is -1.52. The average Bonchev–Trinajstić information content (AvgIpc) is 1.97. The van der Waals surface area contributed by atoms with E-state index in [1.165, 1.54) is 5.57 Å². The second kappa shape index (κ2) is 25.1. The summed E-state index contributed by atoms with van der Waals surface area (Å²) >= 11 is 0. The third-order valence-corrected chi connectivity index (χ3v) is 0.577. The van der Waals surface area contributed by atoms with Crippen molar-refractivity contribution in [3.8, 4) is 0 Å². The molecule has 0 heterocycles. The van der Waals surface area contributed by atoms with Crippen molar-refractivity contribution in [2.75, 3.05) is 0 Å². The Hall–Kier alpha value is -0.260. The van der Waals surface area contributed by atoms with Crippen LogP contribution in [0.4, 0.5) is 0 Å². The van der Waals surface area contributed by atoms with Gasteiger partial charge < -0.3 is 0 Å². The van der Waals surface area contributed by atoms with Crippen molar-refractivity contribution in [1.29, 1.82) is 0 Å². The fraction of sp³-hybridized carbons (Fsp3) is 0.778. The largest absolute Gasteiger partial charge is 0.0890 e. The fourth-order valence-electron chi connectivity index (χ4n) is 0. The molecular formula is C9H22. The van der Waals surface area contributed by atoms with Crippen LogP contribution in [0.3, 0.4) is 0 Å². The topological polar surface area (TPSA) is 0 Å². The van der Waals surface area contributed by atoms with Gasteiger partial charge in [-0.05, 0) is 20.8 Å². The third-order valence-electron chi connectivity index (χ3n) is 0.577. The lowest BCUT2D eigenvalue weighted by Gasteiger charge is -1.74. The van der Waals surface area contributed by atoms with Crippen LogP contribution in [0.1, 0.15) is 48.5 Å². The smallest absolute Gasteiger partial charge is 0.0442 e. The molecule has 0 nitrogen and oxygen atoms in total. The quantitative estimate of drug-likeness (QED) is 0.434. The van der Waals surface area contributed by atoms with Crippen LogP contribution in [0, 0.1) is 0 Å². The Kier molecular flexibility index (Phi) is 44.4. The van der Waals surface area contributed by atoms with E-state index in [9.17, 15) is 0 Å². The Labute approximate surface area is 61.0 Å². The number of hydrogen-bond donors (Lipinski definition) is 0. The molecule has 0 aliphatic rings. The minimum atomic E-state index is 1.38. The Bertz CT molecular complexity index is 38.0. The van der Waals surface area contributed by atoms with Crippen molar-refractivity contribution in [1.82, 2.24) is 0 Å². The summed E-state index contributed by atoms with van der Waals surface area (Å²) < 4.78 is 0. The molecule has 0 aromatic heterocycles. The van der Waals surface area contributed by atoms with Crippen molar-refractivity contribution in [2.24, 2.45) is 0 Å². The van der Waals surface area contributed by atoms with Gasteiger partial charge in [-0.25, -0.2) is 0 Å². The van der Waals surface area contributed by atoms with E-state index in [1.807, 2.05) is 34.6 Å². The molecule has 9 heavy (non-hydrogen) atoms. The highest BCUT2D eigenvalue weighted by molar-refractivity contribution is 4.88. The molecule has 0 N–H and O–H groups in total. The van der Waals surface area contributed by atoms with E-state index in [0.717, 1.165) is 0 Å². The maximum Gasteiger partial charge on any atom is -0.0442 e. The average molecular weight is 130 g/mol. The summed E-state index contributed by atoms with van der Waals surface area (Å²) in [5.41, 5.74) is 1.38. The van der Waals surface area contributed by atoms with Crippen LogP contribution in [-0.4, -0.2) is 0 Å². The summed E-state index contributed by atoms with van der Waals surface area (Å²) in [4.78, 5) is 0. The van der Waals surface area contributed by atoms with Gasteiger partial charge in [0, 0.05) is 0 Å². The van der Waals surface area contributed by atoms with Gasteiger partial charge in [-0.3, -0.25) is 0 Å². The van der Waals surface area contributed by atoms with Crippen molar-refractivity contribution >= 4 is 0 Å². The van der Waals surface area contributed by atoms with Crippen molar-refractivity contribution < 1.29 is 0 Å². The summed E-state index contributed by atoms with van der Waals surface area (Å²) in [5, 5.41) is 0. The molecule has 0 amide bonds. The molecule has 0 rings (SSSR count). The standard InChI is InChI=1S/C5H10.2C2H6/c1-4-5(2)3;2*1-2/h4H,1-3H3;2*1-2H3. The Morgan fingerprint density at radius 1 is 0.889 bits per heavy atom. The van der Waals surface area contributed by atoms with E-state index in [1.54, 1.807) is 0 Å². The first-order valence-corrected chi connectivity index (χ1v) is 3.87. The SMILES string of the molecule is CC.CC.CC=C(C)C. The zero-order valence-electron chi connectivity index (χ0n) is 8.08. The molecule has 0 radical (unpaired) electrons. The Morgan fingerprint density at radius 3 is 1.00 bits per heavy atom. The second-order valence-corrected chi connectivity index (χ2v) is 1.37. The molecular weight excluding hydrogens is 108 g/mol. The maximum absolute atomic E-state index is 2.08. The predicted octanol–water partition coefficient (Wildman–Crippen LogP) is 4.02. The van der Waals surface area contributed by atoms with E-state index >= 15 is 0 Å². The molecule has 58 valence electrons. The minimum absolute atomic E-state index is 1.38. The van der Waals surface area contributed by atoms with Gasteiger partial charge in [-0.15, -0.1) is 0 Å². The highest BCUT2D eigenvalue weighted by atomic mass is 13.7. The molecule has 0 unspecified atom stereocenters. The summed E-state index contributed by atoms with van der Waals surface area (Å²) in [6.45, 7) is 14.2. The number of rotatable bonds is 0. The first kappa shape index (κ1) is 15.9. The molecule has 0 atom stereocenters. The molecule has 0 saturated carbocycles. The van der Waals surface area contributed by atoms with Crippen LogP contribution in [0.5, 0.6) is 0 Å². The second-order valence-electron chi connectivity index (χ2n) is 1.37. The van der Waals surface area contributed by atoms with Gasteiger partial charge in [0.15, 0.2) is 0 Å².